The van der Waals surface area contributed by atoms with Crippen molar-refractivity contribution in [1.29, 1.82) is 0 Å². The van der Waals surface area contributed by atoms with E-state index in [4.69, 9.17) is 17.7 Å². The van der Waals surface area contributed by atoms with Gasteiger partial charge in [0.1, 0.15) is 0 Å². The van der Waals surface area contributed by atoms with E-state index in [-0.39, 0.29) is 0 Å². The van der Waals surface area contributed by atoms with E-state index < -0.39 is 9.05 Å². The molecule has 0 saturated heterocycles. The summed E-state index contributed by atoms with van der Waals surface area (Å²) in [7, 11) is -1.27. The van der Waals surface area contributed by atoms with E-state index >= 15 is 0 Å². The molecular formula is C10H24O4Si. The SMILES string of the molecule is CCO[Si](OC)(OCC)OCC(C)CC. The van der Waals surface area contributed by atoms with Crippen molar-refractivity contribution < 1.29 is 17.7 Å². The van der Waals surface area contributed by atoms with Crippen molar-refractivity contribution in [3.8, 4) is 0 Å². The highest BCUT2D eigenvalue weighted by Crippen LogP contribution is 2.13. The predicted molar refractivity (Wildman–Crippen MR) is 61.4 cm³/mol. The molecule has 1 atom stereocenters. The van der Waals surface area contributed by atoms with Gasteiger partial charge in [-0.3, -0.25) is 0 Å². The Labute approximate surface area is 94.4 Å². The van der Waals surface area contributed by atoms with Crippen LogP contribution in [0.3, 0.4) is 0 Å². The molecule has 1 unspecified atom stereocenters. The Morgan fingerprint density at radius 1 is 1.00 bits per heavy atom. The Morgan fingerprint density at radius 2 is 1.53 bits per heavy atom. The summed E-state index contributed by atoms with van der Waals surface area (Å²) < 4.78 is 21.9. The maximum Gasteiger partial charge on any atom is 0.679 e. The minimum absolute atomic E-state index is 0.493. The minimum atomic E-state index is -2.85. The maximum atomic E-state index is 5.68. The topological polar surface area (TPSA) is 36.9 Å². The fourth-order valence-corrected chi connectivity index (χ4v) is 2.82. The molecule has 0 aromatic rings. The van der Waals surface area contributed by atoms with Crippen LogP contribution in [0.5, 0.6) is 0 Å². The maximum absolute atomic E-state index is 5.68. The highest BCUT2D eigenvalue weighted by Gasteiger charge is 2.44. The highest BCUT2D eigenvalue weighted by molar-refractivity contribution is 6.53. The first-order valence-electron chi connectivity index (χ1n) is 5.61. The Balaban J connectivity index is 4.19. The summed E-state index contributed by atoms with van der Waals surface area (Å²) in [6, 6.07) is 0. The van der Waals surface area contributed by atoms with Gasteiger partial charge in [0.25, 0.3) is 0 Å². The molecular weight excluding hydrogens is 212 g/mol. The summed E-state index contributed by atoms with van der Waals surface area (Å²) in [6.45, 7) is 9.79. The fraction of sp³-hybridized carbons (Fsp3) is 1.00. The second-order valence-electron chi connectivity index (χ2n) is 3.39. The summed E-state index contributed by atoms with van der Waals surface area (Å²) in [5.41, 5.74) is 0. The van der Waals surface area contributed by atoms with Gasteiger partial charge in [-0.05, 0) is 19.8 Å². The lowest BCUT2D eigenvalue weighted by Crippen LogP contribution is -2.49. The normalized spacial score (nSPS) is 14.2. The van der Waals surface area contributed by atoms with E-state index in [1.54, 1.807) is 7.11 Å². The largest absolute Gasteiger partial charge is 0.679 e. The van der Waals surface area contributed by atoms with Crippen molar-refractivity contribution in [3.63, 3.8) is 0 Å². The Morgan fingerprint density at radius 3 is 1.87 bits per heavy atom. The molecule has 0 amide bonds. The van der Waals surface area contributed by atoms with E-state index in [1.807, 2.05) is 13.8 Å². The van der Waals surface area contributed by atoms with Crippen molar-refractivity contribution in [2.24, 2.45) is 5.92 Å². The van der Waals surface area contributed by atoms with Gasteiger partial charge in [-0.1, -0.05) is 20.3 Å². The Bertz CT molecular complexity index is 148. The van der Waals surface area contributed by atoms with Crippen molar-refractivity contribution in [2.45, 2.75) is 34.1 Å². The molecule has 0 aliphatic rings. The van der Waals surface area contributed by atoms with Crippen LogP contribution >= 0.6 is 0 Å². The average molecular weight is 236 g/mol. The Hall–Kier alpha value is 0.0569. The first-order chi connectivity index (χ1) is 7.14. The fourth-order valence-electron chi connectivity index (χ4n) is 1.02. The zero-order valence-corrected chi connectivity index (χ0v) is 11.5. The molecule has 0 heterocycles. The first-order valence-corrected chi connectivity index (χ1v) is 7.24. The van der Waals surface area contributed by atoms with Crippen LogP contribution in [0.1, 0.15) is 34.1 Å². The van der Waals surface area contributed by atoms with Crippen molar-refractivity contribution >= 4 is 9.05 Å². The van der Waals surface area contributed by atoms with Gasteiger partial charge in [-0.2, -0.15) is 0 Å². The van der Waals surface area contributed by atoms with Crippen molar-refractivity contribution in [3.05, 3.63) is 0 Å². The smallest absolute Gasteiger partial charge is 0.355 e. The van der Waals surface area contributed by atoms with E-state index in [0.717, 1.165) is 6.42 Å². The first kappa shape index (κ1) is 15.1. The molecule has 4 nitrogen and oxygen atoms in total. The van der Waals surface area contributed by atoms with Crippen LogP contribution in [0.25, 0.3) is 0 Å². The number of rotatable bonds is 9. The lowest BCUT2D eigenvalue weighted by Gasteiger charge is -2.26. The molecule has 0 rings (SSSR count). The van der Waals surface area contributed by atoms with Crippen LogP contribution in [0.2, 0.25) is 0 Å². The summed E-state index contributed by atoms with van der Waals surface area (Å²) in [5.74, 6) is 0.493. The predicted octanol–water partition coefficient (Wildman–Crippen LogP) is 2.20. The molecule has 0 aliphatic heterocycles. The second-order valence-corrected chi connectivity index (χ2v) is 5.67. The van der Waals surface area contributed by atoms with Crippen LogP contribution in [-0.2, 0) is 17.7 Å². The van der Waals surface area contributed by atoms with Crippen molar-refractivity contribution in [1.82, 2.24) is 0 Å². The van der Waals surface area contributed by atoms with Gasteiger partial charge in [0.05, 0.1) is 0 Å². The summed E-state index contributed by atoms with van der Waals surface area (Å²) in [4.78, 5) is 0. The molecule has 15 heavy (non-hydrogen) atoms. The van der Waals surface area contributed by atoms with E-state index in [1.165, 1.54) is 0 Å². The molecule has 0 N–H and O–H groups in total. The van der Waals surface area contributed by atoms with Crippen LogP contribution < -0.4 is 0 Å². The molecule has 0 aromatic carbocycles. The molecule has 5 heteroatoms. The van der Waals surface area contributed by atoms with Gasteiger partial charge in [0.2, 0.25) is 0 Å². The number of hydrogen-bond acceptors (Lipinski definition) is 4. The molecule has 0 aliphatic carbocycles. The third-order valence-corrected chi connectivity index (χ3v) is 4.44. The van der Waals surface area contributed by atoms with Gasteiger partial charge in [-0.25, -0.2) is 0 Å². The Kier molecular flexibility index (Phi) is 8.27. The zero-order valence-electron chi connectivity index (χ0n) is 10.5. The minimum Gasteiger partial charge on any atom is -0.355 e. The second kappa shape index (κ2) is 8.24. The van der Waals surface area contributed by atoms with Gasteiger partial charge in [-0.15, -0.1) is 0 Å². The molecule has 0 saturated carbocycles. The van der Waals surface area contributed by atoms with Gasteiger partial charge >= 0.3 is 9.05 Å². The van der Waals surface area contributed by atoms with E-state index in [0.29, 0.717) is 25.7 Å². The van der Waals surface area contributed by atoms with Crippen LogP contribution in [0, 0.1) is 5.92 Å². The third kappa shape index (κ3) is 5.63. The van der Waals surface area contributed by atoms with Gasteiger partial charge < -0.3 is 17.7 Å². The molecule has 0 bridgehead atoms. The lowest BCUT2D eigenvalue weighted by molar-refractivity contribution is -0.0236. The van der Waals surface area contributed by atoms with Gasteiger partial charge in [0.15, 0.2) is 0 Å². The molecule has 0 spiro atoms. The van der Waals surface area contributed by atoms with Crippen LogP contribution in [-0.4, -0.2) is 36.0 Å². The number of hydrogen-bond donors (Lipinski definition) is 0. The van der Waals surface area contributed by atoms with Crippen LogP contribution in [0.4, 0.5) is 0 Å². The summed E-state index contributed by atoms with van der Waals surface area (Å²) in [5, 5.41) is 0. The summed E-state index contributed by atoms with van der Waals surface area (Å²) in [6.07, 6.45) is 1.08. The highest BCUT2D eigenvalue weighted by atomic mass is 28.4. The average Bonchev–Trinajstić information content (AvgIpc) is 2.26. The van der Waals surface area contributed by atoms with Crippen molar-refractivity contribution in [2.75, 3.05) is 26.9 Å². The monoisotopic (exact) mass is 236 g/mol. The standard InChI is InChI=1S/C10H24O4Si/c1-6-10(4)9-14-15(11-5,12-7-2)13-8-3/h10H,6-9H2,1-5H3. The molecule has 0 aromatic heterocycles. The van der Waals surface area contributed by atoms with Gasteiger partial charge in [0, 0.05) is 26.9 Å². The quantitative estimate of drug-likeness (QED) is 0.575. The third-order valence-electron chi connectivity index (χ3n) is 2.13. The lowest BCUT2D eigenvalue weighted by atomic mass is 10.1. The zero-order chi connectivity index (χ0) is 11.7. The molecule has 92 valence electrons. The molecule has 0 fully saturated rings. The molecule has 0 radical (unpaired) electrons. The van der Waals surface area contributed by atoms with E-state index in [2.05, 4.69) is 13.8 Å². The van der Waals surface area contributed by atoms with Crippen LogP contribution in [0.15, 0.2) is 0 Å². The van der Waals surface area contributed by atoms with E-state index in [9.17, 15) is 0 Å². The summed E-state index contributed by atoms with van der Waals surface area (Å²) >= 11 is 0.